The third-order valence-electron chi connectivity index (χ3n) is 3.12. The Morgan fingerprint density at radius 2 is 2.00 bits per heavy atom. The van der Waals surface area contributed by atoms with Crippen LogP contribution in [0.1, 0.15) is 45.4 Å². The number of hydrogen-bond acceptors (Lipinski definition) is 3. The number of ether oxygens (including phenoxy) is 1. The largest absolute Gasteiger partial charge is 0.480 e. The molecule has 0 aliphatic heterocycles. The second-order valence-electron chi connectivity index (χ2n) is 4.55. The van der Waals surface area contributed by atoms with E-state index < -0.39 is 11.5 Å². The summed E-state index contributed by atoms with van der Waals surface area (Å²) in [5, 5.41) is 11.8. The van der Waals surface area contributed by atoms with Crippen LogP contribution in [0.5, 0.6) is 0 Å². The lowest BCUT2D eigenvalue weighted by Gasteiger charge is -2.25. The molecule has 0 radical (unpaired) electrons. The van der Waals surface area contributed by atoms with Crippen LogP contribution in [0.4, 0.5) is 0 Å². The van der Waals surface area contributed by atoms with Crippen LogP contribution >= 0.6 is 0 Å². The number of nitrogens with one attached hydrogen (secondary N) is 1. The van der Waals surface area contributed by atoms with Gasteiger partial charge in [-0.1, -0.05) is 26.2 Å². The molecule has 1 aliphatic carbocycles. The molecule has 0 bridgehead atoms. The van der Waals surface area contributed by atoms with E-state index in [-0.39, 0.29) is 12.5 Å². The van der Waals surface area contributed by atoms with Crippen molar-refractivity contribution in [2.24, 2.45) is 0 Å². The molecule has 2 N–H and O–H groups in total. The number of unbranched alkanes of at least 4 members (excludes halogenated alkanes) is 1. The first-order chi connectivity index (χ1) is 8.10. The summed E-state index contributed by atoms with van der Waals surface area (Å²) in [7, 11) is 0. The van der Waals surface area contributed by atoms with Crippen molar-refractivity contribution in [2.75, 3.05) is 13.2 Å². The molecule has 1 fully saturated rings. The van der Waals surface area contributed by atoms with E-state index in [0.29, 0.717) is 19.4 Å². The zero-order chi connectivity index (χ0) is 12.7. The lowest BCUT2D eigenvalue weighted by molar-refractivity contribution is -0.148. The van der Waals surface area contributed by atoms with E-state index >= 15 is 0 Å². The molecule has 17 heavy (non-hydrogen) atoms. The fourth-order valence-corrected chi connectivity index (χ4v) is 2.09. The van der Waals surface area contributed by atoms with Crippen LogP contribution in [0, 0.1) is 0 Å². The first-order valence-electron chi connectivity index (χ1n) is 6.23. The summed E-state index contributed by atoms with van der Waals surface area (Å²) in [5.41, 5.74) is -1.05. The van der Waals surface area contributed by atoms with E-state index in [1.54, 1.807) is 0 Å². The third kappa shape index (κ3) is 4.00. The van der Waals surface area contributed by atoms with E-state index in [1.807, 2.05) is 6.92 Å². The predicted molar refractivity (Wildman–Crippen MR) is 62.7 cm³/mol. The summed E-state index contributed by atoms with van der Waals surface area (Å²) in [6.07, 6.45) is 4.66. The average Bonchev–Trinajstić information content (AvgIpc) is 2.74. The molecule has 5 heteroatoms. The van der Waals surface area contributed by atoms with Gasteiger partial charge in [-0.2, -0.15) is 0 Å². The van der Waals surface area contributed by atoms with E-state index in [9.17, 15) is 9.59 Å². The average molecular weight is 243 g/mol. The van der Waals surface area contributed by atoms with Gasteiger partial charge in [-0.3, -0.25) is 4.79 Å². The number of carboxylic acid groups (broad SMARTS) is 1. The van der Waals surface area contributed by atoms with Crippen LogP contribution in [0.2, 0.25) is 0 Å². The highest BCUT2D eigenvalue weighted by molar-refractivity contribution is 5.87. The zero-order valence-electron chi connectivity index (χ0n) is 10.3. The number of aliphatic carboxylic acids is 1. The molecule has 5 nitrogen and oxygen atoms in total. The highest BCUT2D eigenvalue weighted by atomic mass is 16.5. The summed E-state index contributed by atoms with van der Waals surface area (Å²) >= 11 is 0. The molecular weight excluding hydrogens is 222 g/mol. The van der Waals surface area contributed by atoms with E-state index in [4.69, 9.17) is 9.84 Å². The summed E-state index contributed by atoms with van der Waals surface area (Å²) in [4.78, 5) is 22.8. The first kappa shape index (κ1) is 14.0. The lowest BCUT2D eigenvalue weighted by Crippen LogP contribution is -2.53. The molecule has 1 saturated carbocycles. The van der Waals surface area contributed by atoms with Gasteiger partial charge in [-0.05, 0) is 19.3 Å². The monoisotopic (exact) mass is 243 g/mol. The zero-order valence-corrected chi connectivity index (χ0v) is 10.3. The number of carboxylic acids is 1. The lowest BCUT2D eigenvalue weighted by atomic mass is 9.98. The van der Waals surface area contributed by atoms with Gasteiger partial charge in [-0.25, -0.2) is 4.79 Å². The maximum Gasteiger partial charge on any atom is 0.329 e. The summed E-state index contributed by atoms with van der Waals surface area (Å²) in [5.74, 6) is -1.26. The van der Waals surface area contributed by atoms with Crippen LogP contribution < -0.4 is 5.32 Å². The van der Waals surface area contributed by atoms with Gasteiger partial charge in [0.25, 0.3) is 0 Å². The summed E-state index contributed by atoms with van der Waals surface area (Å²) in [6.45, 7) is 2.54. The minimum absolute atomic E-state index is 0.0466. The molecule has 0 atom stereocenters. The van der Waals surface area contributed by atoms with Crippen molar-refractivity contribution in [1.82, 2.24) is 5.32 Å². The molecule has 0 aromatic heterocycles. The molecule has 1 rings (SSSR count). The van der Waals surface area contributed by atoms with Crippen LogP contribution in [0.15, 0.2) is 0 Å². The molecule has 98 valence electrons. The van der Waals surface area contributed by atoms with Gasteiger partial charge in [0.05, 0.1) is 0 Å². The summed E-state index contributed by atoms with van der Waals surface area (Å²) < 4.78 is 5.17. The quantitative estimate of drug-likeness (QED) is 0.661. The van der Waals surface area contributed by atoms with Gasteiger partial charge in [-0.15, -0.1) is 0 Å². The Labute approximate surface area is 102 Å². The van der Waals surface area contributed by atoms with Crippen molar-refractivity contribution in [3.8, 4) is 0 Å². The van der Waals surface area contributed by atoms with Crippen LogP contribution in [-0.4, -0.2) is 35.7 Å². The maximum absolute atomic E-state index is 11.6. The Bertz CT molecular complexity index is 272. The molecule has 0 aromatic carbocycles. The van der Waals surface area contributed by atoms with Gasteiger partial charge in [0.1, 0.15) is 12.1 Å². The first-order valence-corrected chi connectivity index (χ1v) is 6.23. The Hall–Kier alpha value is -1.10. The van der Waals surface area contributed by atoms with E-state index in [0.717, 1.165) is 25.7 Å². The van der Waals surface area contributed by atoms with Gasteiger partial charge in [0.2, 0.25) is 5.91 Å². The highest BCUT2D eigenvalue weighted by Crippen LogP contribution is 2.29. The Balaban J connectivity index is 2.35. The minimum Gasteiger partial charge on any atom is -0.480 e. The second-order valence-corrected chi connectivity index (χ2v) is 4.55. The Morgan fingerprint density at radius 1 is 1.35 bits per heavy atom. The number of carbonyl (C=O) groups excluding carboxylic acids is 1. The van der Waals surface area contributed by atoms with Gasteiger partial charge in [0.15, 0.2) is 0 Å². The van der Waals surface area contributed by atoms with Crippen molar-refractivity contribution < 1.29 is 19.4 Å². The Kier molecular flexibility index (Phi) is 5.41. The van der Waals surface area contributed by atoms with E-state index in [2.05, 4.69) is 5.32 Å². The molecule has 0 aromatic rings. The Morgan fingerprint density at radius 3 is 2.53 bits per heavy atom. The minimum atomic E-state index is -1.05. The maximum atomic E-state index is 11.6. The standard InChI is InChI=1S/C12H21NO4/c1-2-3-8-17-9-10(14)13-12(11(15)16)6-4-5-7-12/h2-9H2,1H3,(H,13,14)(H,15,16). The predicted octanol–water partition coefficient (Wildman–Crippen LogP) is 1.32. The van der Waals surface area contributed by atoms with Gasteiger partial charge >= 0.3 is 5.97 Å². The molecule has 0 unspecified atom stereocenters. The van der Waals surface area contributed by atoms with Crippen LogP contribution in [0.25, 0.3) is 0 Å². The van der Waals surface area contributed by atoms with Crippen molar-refractivity contribution in [1.29, 1.82) is 0 Å². The number of amides is 1. The molecule has 1 aliphatic rings. The molecule has 0 heterocycles. The van der Waals surface area contributed by atoms with Crippen molar-refractivity contribution >= 4 is 11.9 Å². The number of hydrogen-bond donors (Lipinski definition) is 2. The van der Waals surface area contributed by atoms with Crippen molar-refractivity contribution in [3.05, 3.63) is 0 Å². The fourth-order valence-electron chi connectivity index (χ4n) is 2.09. The van der Waals surface area contributed by atoms with Gasteiger partial charge < -0.3 is 15.2 Å². The smallest absolute Gasteiger partial charge is 0.329 e. The van der Waals surface area contributed by atoms with Crippen LogP contribution in [0.3, 0.4) is 0 Å². The third-order valence-corrected chi connectivity index (χ3v) is 3.12. The summed E-state index contributed by atoms with van der Waals surface area (Å²) in [6, 6.07) is 0. The molecule has 0 saturated heterocycles. The van der Waals surface area contributed by atoms with Crippen molar-refractivity contribution in [2.45, 2.75) is 51.0 Å². The second kappa shape index (κ2) is 6.59. The van der Waals surface area contributed by atoms with Gasteiger partial charge in [0, 0.05) is 6.61 Å². The number of rotatable bonds is 7. The van der Waals surface area contributed by atoms with E-state index in [1.165, 1.54) is 0 Å². The molecule has 0 spiro atoms. The normalized spacial score (nSPS) is 17.9. The highest BCUT2D eigenvalue weighted by Gasteiger charge is 2.42. The topological polar surface area (TPSA) is 75.6 Å². The van der Waals surface area contributed by atoms with Crippen molar-refractivity contribution in [3.63, 3.8) is 0 Å². The number of carbonyl (C=O) groups is 2. The van der Waals surface area contributed by atoms with Crippen LogP contribution in [-0.2, 0) is 14.3 Å². The fraction of sp³-hybridized carbons (Fsp3) is 0.833. The molecular formula is C12H21NO4. The SMILES string of the molecule is CCCCOCC(=O)NC1(C(=O)O)CCCC1. The molecule has 1 amide bonds.